The number of methoxy groups -OCH3 is 2. The minimum absolute atomic E-state index is 0.0456. The summed E-state index contributed by atoms with van der Waals surface area (Å²) in [7, 11) is 3.10. The van der Waals surface area contributed by atoms with Crippen LogP contribution in [0.3, 0.4) is 0 Å². The molecule has 7 nitrogen and oxygen atoms in total. The number of ether oxygens (including phenoxy) is 2. The van der Waals surface area contributed by atoms with Crippen LogP contribution < -0.4 is 15.0 Å². The molecule has 0 saturated heterocycles. The van der Waals surface area contributed by atoms with Crippen molar-refractivity contribution in [2.45, 2.75) is 19.9 Å². The number of hydrogen-bond acceptors (Lipinski definition) is 6. The Morgan fingerprint density at radius 3 is 2.56 bits per heavy atom. The van der Waals surface area contributed by atoms with Gasteiger partial charge in [-0.2, -0.15) is 5.26 Å². The molecule has 0 spiro atoms. The van der Waals surface area contributed by atoms with Crippen LogP contribution in [-0.4, -0.2) is 30.1 Å². The van der Waals surface area contributed by atoms with E-state index in [0.717, 1.165) is 5.56 Å². The van der Waals surface area contributed by atoms with Gasteiger partial charge < -0.3 is 14.6 Å². The summed E-state index contributed by atoms with van der Waals surface area (Å²) in [5, 5.41) is 20.8. The van der Waals surface area contributed by atoms with Gasteiger partial charge in [-0.1, -0.05) is 29.8 Å². The Morgan fingerprint density at radius 1 is 1.19 bits per heavy atom. The number of aromatic nitrogens is 1. The van der Waals surface area contributed by atoms with Crippen molar-refractivity contribution in [2.75, 3.05) is 14.2 Å². The lowest BCUT2D eigenvalue weighted by Crippen LogP contribution is -2.26. The van der Waals surface area contributed by atoms with Crippen molar-refractivity contribution in [1.82, 2.24) is 4.57 Å². The van der Waals surface area contributed by atoms with Crippen molar-refractivity contribution in [3.8, 4) is 23.4 Å². The molecule has 0 bridgehead atoms. The average Bonchev–Trinajstić information content (AvgIpc) is 2.80. The topological polar surface area (TPSA) is 96.8 Å². The fraction of sp³-hybridized carbons (Fsp3) is 0.208. The molecule has 0 saturated carbocycles. The fourth-order valence-corrected chi connectivity index (χ4v) is 3.49. The highest BCUT2D eigenvalue weighted by molar-refractivity contribution is 6.33. The first kappa shape index (κ1) is 22.9. The maximum atomic E-state index is 12.8. The van der Waals surface area contributed by atoms with Crippen molar-refractivity contribution in [1.29, 1.82) is 5.26 Å². The summed E-state index contributed by atoms with van der Waals surface area (Å²) in [6.45, 7) is 1.76. The Bertz CT molecular complexity index is 1280. The molecule has 32 heavy (non-hydrogen) atoms. The molecule has 0 fully saturated rings. The Balaban J connectivity index is 2.00. The number of para-hydroxylation sites is 1. The highest BCUT2D eigenvalue weighted by Gasteiger charge is 2.18. The van der Waals surface area contributed by atoms with Gasteiger partial charge in [0, 0.05) is 12.8 Å². The van der Waals surface area contributed by atoms with E-state index in [-0.39, 0.29) is 23.6 Å². The predicted octanol–water partition coefficient (Wildman–Crippen LogP) is 4.40. The summed E-state index contributed by atoms with van der Waals surface area (Å²) < 4.78 is 11.7. The quantitative estimate of drug-likeness (QED) is 0.537. The second kappa shape index (κ2) is 10.0. The first-order valence-corrected chi connectivity index (χ1v) is 10.1. The van der Waals surface area contributed by atoms with Gasteiger partial charge in [-0.05, 0) is 48.7 Å². The third-order valence-electron chi connectivity index (χ3n) is 5.10. The zero-order chi connectivity index (χ0) is 23.3. The molecule has 8 heteroatoms. The van der Waals surface area contributed by atoms with E-state index in [4.69, 9.17) is 21.1 Å². The molecule has 2 aromatic carbocycles. The maximum absolute atomic E-state index is 12.8. The summed E-state index contributed by atoms with van der Waals surface area (Å²) in [5.41, 5.74) is 1.42. The van der Waals surface area contributed by atoms with E-state index in [1.807, 2.05) is 12.1 Å². The van der Waals surface area contributed by atoms with Crippen LogP contribution in [-0.2, 0) is 13.0 Å². The molecule has 1 N–H and O–H groups in total. The standard InChI is InChI=1S/C24H22ClN3O4/c1-15-17(13-26)23(29)28(11-10-16-8-9-21(31-2)22(12-16)32-3)24(30)18(15)14-27-20-7-5-4-6-19(20)25/h4-9,12,14,30H,10-11H2,1-3H3. The third kappa shape index (κ3) is 4.61. The lowest BCUT2D eigenvalue weighted by Gasteiger charge is -2.15. The minimum atomic E-state index is -0.558. The van der Waals surface area contributed by atoms with Crippen LogP contribution in [0.4, 0.5) is 5.69 Å². The molecule has 0 aliphatic carbocycles. The smallest absolute Gasteiger partial charge is 0.271 e. The second-order valence-electron chi connectivity index (χ2n) is 6.95. The average molecular weight is 452 g/mol. The van der Waals surface area contributed by atoms with Crippen molar-refractivity contribution < 1.29 is 14.6 Å². The predicted molar refractivity (Wildman–Crippen MR) is 124 cm³/mol. The van der Waals surface area contributed by atoms with Gasteiger partial charge in [-0.25, -0.2) is 0 Å². The minimum Gasteiger partial charge on any atom is -0.494 e. The zero-order valence-electron chi connectivity index (χ0n) is 17.9. The van der Waals surface area contributed by atoms with Crippen molar-refractivity contribution in [2.24, 2.45) is 4.99 Å². The van der Waals surface area contributed by atoms with Crippen LogP contribution in [0.15, 0.2) is 52.3 Å². The van der Waals surface area contributed by atoms with Crippen LogP contribution in [0.25, 0.3) is 0 Å². The van der Waals surface area contributed by atoms with E-state index in [1.54, 1.807) is 57.5 Å². The SMILES string of the molecule is COc1ccc(CCn2c(O)c(C=Nc3ccccc3Cl)c(C)c(C#N)c2=O)cc1OC. The summed E-state index contributed by atoms with van der Waals surface area (Å²) in [6.07, 6.45) is 1.84. The lowest BCUT2D eigenvalue weighted by atomic mass is 10.1. The molecule has 0 aliphatic heterocycles. The van der Waals surface area contributed by atoms with E-state index >= 15 is 0 Å². The molecule has 0 atom stereocenters. The van der Waals surface area contributed by atoms with Gasteiger partial charge >= 0.3 is 0 Å². The number of benzene rings is 2. The molecule has 0 unspecified atom stereocenters. The fourth-order valence-electron chi connectivity index (χ4n) is 3.30. The van der Waals surface area contributed by atoms with Gasteiger partial charge in [-0.15, -0.1) is 0 Å². The van der Waals surface area contributed by atoms with Crippen molar-refractivity contribution in [3.05, 3.63) is 80.1 Å². The summed E-state index contributed by atoms with van der Waals surface area (Å²) >= 11 is 6.15. The van der Waals surface area contributed by atoms with E-state index in [9.17, 15) is 15.2 Å². The molecule has 3 aromatic rings. The number of halogens is 1. The molecule has 0 aliphatic rings. The monoisotopic (exact) mass is 451 g/mol. The molecular formula is C24H22ClN3O4. The second-order valence-corrected chi connectivity index (χ2v) is 7.36. The number of aliphatic imine (C=N–C) groups is 1. The Morgan fingerprint density at radius 2 is 1.91 bits per heavy atom. The third-order valence-corrected chi connectivity index (χ3v) is 5.42. The van der Waals surface area contributed by atoms with E-state index < -0.39 is 5.56 Å². The van der Waals surface area contributed by atoms with Gasteiger partial charge in [0.25, 0.3) is 5.56 Å². The Hall–Kier alpha value is -3.76. The molecule has 3 rings (SSSR count). The molecule has 0 amide bonds. The van der Waals surface area contributed by atoms with E-state index in [2.05, 4.69) is 4.99 Å². The highest BCUT2D eigenvalue weighted by Crippen LogP contribution is 2.29. The zero-order valence-corrected chi connectivity index (χ0v) is 18.7. The number of nitriles is 1. The summed E-state index contributed by atoms with van der Waals surface area (Å²) in [6, 6.07) is 14.4. The summed E-state index contributed by atoms with van der Waals surface area (Å²) in [5.74, 6) is 0.898. The van der Waals surface area contributed by atoms with Crippen molar-refractivity contribution in [3.63, 3.8) is 0 Å². The number of aromatic hydroxyl groups is 1. The number of aryl methyl sites for hydroxylation is 1. The summed E-state index contributed by atoms with van der Waals surface area (Å²) in [4.78, 5) is 17.2. The Kier molecular flexibility index (Phi) is 7.18. The van der Waals surface area contributed by atoms with Gasteiger partial charge in [0.15, 0.2) is 11.5 Å². The first-order chi connectivity index (χ1) is 15.4. The van der Waals surface area contributed by atoms with Gasteiger partial charge in [-0.3, -0.25) is 14.4 Å². The van der Waals surface area contributed by atoms with Crippen LogP contribution in [0.5, 0.6) is 17.4 Å². The molecule has 1 heterocycles. The van der Waals surface area contributed by atoms with Crippen LogP contribution in [0.2, 0.25) is 5.02 Å². The largest absolute Gasteiger partial charge is 0.494 e. The van der Waals surface area contributed by atoms with Crippen LogP contribution >= 0.6 is 11.6 Å². The number of nitrogens with zero attached hydrogens (tertiary/aromatic N) is 3. The lowest BCUT2D eigenvalue weighted by molar-refractivity contribution is 0.354. The maximum Gasteiger partial charge on any atom is 0.271 e. The van der Waals surface area contributed by atoms with Crippen LogP contribution in [0.1, 0.15) is 22.3 Å². The molecule has 0 radical (unpaired) electrons. The first-order valence-electron chi connectivity index (χ1n) is 9.77. The molecular weight excluding hydrogens is 430 g/mol. The van der Waals surface area contributed by atoms with Gasteiger partial charge in [0.1, 0.15) is 11.6 Å². The van der Waals surface area contributed by atoms with Gasteiger partial charge in [0.2, 0.25) is 5.88 Å². The van der Waals surface area contributed by atoms with E-state index in [0.29, 0.717) is 34.2 Å². The van der Waals surface area contributed by atoms with Crippen molar-refractivity contribution >= 4 is 23.5 Å². The van der Waals surface area contributed by atoms with Gasteiger partial charge in [0.05, 0.1) is 30.5 Å². The highest BCUT2D eigenvalue weighted by atomic mass is 35.5. The van der Waals surface area contributed by atoms with Crippen LogP contribution in [0, 0.1) is 18.3 Å². The number of hydrogen-bond donors (Lipinski definition) is 1. The van der Waals surface area contributed by atoms with E-state index in [1.165, 1.54) is 10.8 Å². The Labute approximate surface area is 190 Å². The number of pyridine rings is 1. The normalized spacial score (nSPS) is 10.8. The molecule has 1 aromatic heterocycles. The molecule has 164 valence electrons. The number of rotatable bonds is 7.